The minimum atomic E-state index is -0.312. The second-order valence-electron chi connectivity index (χ2n) is 4.60. The van der Waals surface area contributed by atoms with Crippen molar-refractivity contribution in [2.75, 3.05) is 11.1 Å². The molecule has 0 aliphatic heterocycles. The minimum absolute atomic E-state index is 0.148. The van der Waals surface area contributed by atoms with Crippen LogP contribution in [0, 0.1) is 13.8 Å². The number of anilines is 2. The molecule has 1 amide bonds. The van der Waals surface area contributed by atoms with Gasteiger partial charge in [0.15, 0.2) is 0 Å². The highest BCUT2D eigenvalue weighted by Gasteiger charge is 2.18. The fraction of sp³-hybridized carbons (Fsp3) is 0.286. The van der Waals surface area contributed by atoms with Gasteiger partial charge in [-0.1, -0.05) is 17.3 Å². The molecule has 19 heavy (non-hydrogen) atoms. The maximum Gasteiger partial charge on any atom is 0.234 e. The number of amides is 1. The fourth-order valence-corrected chi connectivity index (χ4v) is 1.73. The van der Waals surface area contributed by atoms with Crippen molar-refractivity contribution < 1.29 is 9.32 Å². The highest BCUT2D eigenvalue weighted by atomic mass is 16.5. The van der Waals surface area contributed by atoms with Gasteiger partial charge in [-0.05, 0) is 38.5 Å². The third-order valence-corrected chi connectivity index (χ3v) is 3.20. The number of nitrogens with two attached hydrogens (primary N) is 1. The van der Waals surface area contributed by atoms with E-state index in [4.69, 9.17) is 10.3 Å². The number of benzene rings is 1. The third-order valence-electron chi connectivity index (χ3n) is 3.20. The van der Waals surface area contributed by atoms with Crippen LogP contribution in [0.15, 0.2) is 28.8 Å². The quantitative estimate of drug-likeness (QED) is 0.830. The molecule has 1 unspecified atom stereocenters. The number of rotatable bonds is 3. The van der Waals surface area contributed by atoms with Crippen LogP contribution in [0.1, 0.15) is 29.7 Å². The molecular weight excluding hydrogens is 242 g/mol. The molecule has 1 aromatic carbocycles. The number of nitrogen functional groups attached to an aromatic ring is 1. The van der Waals surface area contributed by atoms with Crippen molar-refractivity contribution in [2.24, 2.45) is 0 Å². The predicted octanol–water partition coefficient (Wildman–Crippen LogP) is 2.62. The average Bonchev–Trinajstić information content (AvgIpc) is 2.70. The molecule has 0 bridgehead atoms. The van der Waals surface area contributed by atoms with Crippen molar-refractivity contribution in [3.63, 3.8) is 0 Å². The molecule has 2 rings (SSSR count). The van der Waals surface area contributed by atoms with Crippen molar-refractivity contribution >= 4 is 17.5 Å². The van der Waals surface area contributed by atoms with Gasteiger partial charge in [-0.25, -0.2) is 0 Å². The minimum Gasteiger partial charge on any atom is -0.399 e. The number of aromatic nitrogens is 1. The second kappa shape index (κ2) is 5.14. The molecule has 5 nitrogen and oxygen atoms in total. The first-order valence-electron chi connectivity index (χ1n) is 6.08. The summed E-state index contributed by atoms with van der Waals surface area (Å²) < 4.78 is 5.07. The van der Waals surface area contributed by atoms with E-state index >= 15 is 0 Å². The van der Waals surface area contributed by atoms with E-state index in [-0.39, 0.29) is 11.8 Å². The molecule has 0 spiro atoms. The Hall–Kier alpha value is -2.30. The summed E-state index contributed by atoms with van der Waals surface area (Å²) in [6, 6.07) is 7.29. The summed E-state index contributed by atoms with van der Waals surface area (Å²) in [5.41, 5.74) is 8.84. The molecule has 1 atom stereocenters. The normalized spacial score (nSPS) is 12.2. The van der Waals surface area contributed by atoms with Gasteiger partial charge in [0.1, 0.15) is 0 Å². The summed E-state index contributed by atoms with van der Waals surface area (Å²) in [5.74, 6) is -0.0589. The van der Waals surface area contributed by atoms with E-state index in [1.807, 2.05) is 32.9 Å². The summed E-state index contributed by atoms with van der Waals surface area (Å²) in [4.78, 5) is 12.1. The van der Waals surface area contributed by atoms with Gasteiger partial charge in [0.25, 0.3) is 0 Å². The van der Waals surface area contributed by atoms with E-state index in [0.29, 0.717) is 11.6 Å². The molecule has 0 fully saturated rings. The van der Waals surface area contributed by atoms with Gasteiger partial charge in [0, 0.05) is 11.3 Å². The van der Waals surface area contributed by atoms with Crippen molar-refractivity contribution in [3.8, 4) is 0 Å². The monoisotopic (exact) mass is 259 g/mol. The number of hydrogen-bond donors (Lipinski definition) is 2. The van der Waals surface area contributed by atoms with Gasteiger partial charge in [0.2, 0.25) is 11.8 Å². The van der Waals surface area contributed by atoms with Crippen LogP contribution in [-0.4, -0.2) is 11.1 Å². The van der Waals surface area contributed by atoms with Crippen LogP contribution in [0.5, 0.6) is 0 Å². The van der Waals surface area contributed by atoms with Gasteiger partial charge in [0.05, 0.1) is 11.6 Å². The highest BCUT2D eigenvalue weighted by molar-refractivity contribution is 5.95. The van der Waals surface area contributed by atoms with Crippen LogP contribution in [0.4, 0.5) is 11.6 Å². The Morgan fingerprint density at radius 2 is 2.16 bits per heavy atom. The van der Waals surface area contributed by atoms with Crippen LogP contribution in [0.3, 0.4) is 0 Å². The Morgan fingerprint density at radius 3 is 2.74 bits per heavy atom. The largest absolute Gasteiger partial charge is 0.399 e. The molecular formula is C14H17N3O2. The van der Waals surface area contributed by atoms with Crippen LogP contribution >= 0.6 is 0 Å². The van der Waals surface area contributed by atoms with E-state index in [1.165, 1.54) is 0 Å². The average molecular weight is 259 g/mol. The fourth-order valence-electron chi connectivity index (χ4n) is 1.73. The van der Waals surface area contributed by atoms with Crippen LogP contribution < -0.4 is 11.1 Å². The molecule has 0 aliphatic carbocycles. The number of hydrogen-bond acceptors (Lipinski definition) is 4. The molecule has 0 radical (unpaired) electrons. The van der Waals surface area contributed by atoms with E-state index in [1.54, 1.807) is 12.1 Å². The van der Waals surface area contributed by atoms with E-state index in [9.17, 15) is 4.79 Å². The first-order chi connectivity index (χ1) is 8.99. The maximum absolute atomic E-state index is 12.1. The van der Waals surface area contributed by atoms with Crippen LogP contribution in [-0.2, 0) is 4.79 Å². The SMILES string of the molecule is Cc1noc(NC(=O)C(C)c2cccc(N)c2)c1C. The van der Waals surface area contributed by atoms with Crippen LogP contribution in [0.2, 0.25) is 0 Å². The molecule has 5 heteroatoms. The Kier molecular flexibility index (Phi) is 3.55. The topological polar surface area (TPSA) is 81.2 Å². The Labute approximate surface area is 111 Å². The Balaban J connectivity index is 2.14. The summed E-state index contributed by atoms with van der Waals surface area (Å²) in [6.07, 6.45) is 0. The van der Waals surface area contributed by atoms with Gasteiger partial charge in [-0.3, -0.25) is 10.1 Å². The van der Waals surface area contributed by atoms with Crippen molar-refractivity contribution in [1.29, 1.82) is 0 Å². The van der Waals surface area contributed by atoms with Crippen molar-refractivity contribution in [3.05, 3.63) is 41.1 Å². The summed E-state index contributed by atoms with van der Waals surface area (Å²) in [7, 11) is 0. The summed E-state index contributed by atoms with van der Waals surface area (Å²) in [6.45, 7) is 5.51. The van der Waals surface area contributed by atoms with Gasteiger partial charge in [-0.2, -0.15) is 0 Å². The molecule has 1 heterocycles. The molecule has 0 aliphatic rings. The summed E-state index contributed by atoms with van der Waals surface area (Å²) >= 11 is 0. The standard InChI is InChI=1S/C14H17N3O2/c1-8-10(3)17-19-14(8)16-13(18)9(2)11-5-4-6-12(15)7-11/h4-7,9H,15H2,1-3H3,(H,16,18). The lowest BCUT2D eigenvalue weighted by molar-refractivity contribution is -0.117. The zero-order chi connectivity index (χ0) is 14.0. The molecule has 100 valence electrons. The number of nitrogens with one attached hydrogen (secondary N) is 1. The highest BCUT2D eigenvalue weighted by Crippen LogP contribution is 2.22. The first-order valence-corrected chi connectivity index (χ1v) is 6.08. The van der Waals surface area contributed by atoms with Crippen molar-refractivity contribution in [2.45, 2.75) is 26.7 Å². The summed E-state index contributed by atoms with van der Waals surface area (Å²) in [5, 5.41) is 6.55. The lowest BCUT2D eigenvalue weighted by atomic mass is 10.00. The first kappa shape index (κ1) is 13.1. The lowest BCUT2D eigenvalue weighted by Gasteiger charge is -2.11. The zero-order valence-electron chi connectivity index (χ0n) is 11.2. The number of carbonyl (C=O) groups is 1. The molecule has 0 saturated carbocycles. The maximum atomic E-state index is 12.1. The molecule has 2 aromatic rings. The molecule has 0 saturated heterocycles. The van der Waals surface area contributed by atoms with Gasteiger partial charge < -0.3 is 10.3 Å². The Morgan fingerprint density at radius 1 is 1.42 bits per heavy atom. The number of carbonyl (C=O) groups excluding carboxylic acids is 1. The number of aryl methyl sites for hydroxylation is 1. The molecule has 3 N–H and O–H groups in total. The van der Waals surface area contributed by atoms with E-state index in [0.717, 1.165) is 16.8 Å². The van der Waals surface area contributed by atoms with E-state index in [2.05, 4.69) is 10.5 Å². The van der Waals surface area contributed by atoms with Gasteiger partial charge >= 0.3 is 0 Å². The van der Waals surface area contributed by atoms with E-state index < -0.39 is 0 Å². The Bertz CT molecular complexity index is 604. The lowest BCUT2D eigenvalue weighted by Crippen LogP contribution is -2.19. The smallest absolute Gasteiger partial charge is 0.234 e. The molecule has 1 aromatic heterocycles. The van der Waals surface area contributed by atoms with Gasteiger partial charge in [-0.15, -0.1) is 0 Å². The predicted molar refractivity (Wildman–Crippen MR) is 73.9 cm³/mol. The van der Waals surface area contributed by atoms with Crippen molar-refractivity contribution in [1.82, 2.24) is 5.16 Å². The third kappa shape index (κ3) is 2.76. The van der Waals surface area contributed by atoms with Crippen LogP contribution in [0.25, 0.3) is 0 Å². The number of nitrogens with zero attached hydrogens (tertiary/aromatic N) is 1. The zero-order valence-corrected chi connectivity index (χ0v) is 11.2. The second-order valence-corrected chi connectivity index (χ2v) is 4.60.